The van der Waals surface area contributed by atoms with Gasteiger partial charge >= 0.3 is 12.1 Å². The molecule has 0 unspecified atom stereocenters. The van der Waals surface area contributed by atoms with Crippen LogP contribution in [0.25, 0.3) is 22.4 Å². The molecule has 0 radical (unpaired) electrons. The van der Waals surface area contributed by atoms with Crippen LogP contribution in [0.1, 0.15) is 36.1 Å². The van der Waals surface area contributed by atoms with E-state index in [4.69, 9.17) is 20.9 Å². The maximum absolute atomic E-state index is 12.4. The fourth-order valence-corrected chi connectivity index (χ4v) is 4.32. The van der Waals surface area contributed by atoms with Gasteiger partial charge in [-0.05, 0) is 41.7 Å². The van der Waals surface area contributed by atoms with Crippen LogP contribution in [0.15, 0.2) is 77.3 Å². The first kappa shape index (κ1) is 26.0. The first-order valence-electron chi connectivity index (χ1n) is 11.9. The Morgan fingerprint density at radius 1 is 1.00 bits per heavy atom. The molecule has 8 heteroatoms. The largest absolute Gasteiger partial charge is 0.481 e. The van der Waals surface area contributed by atoms with Crippen LogP contribution in [0.2, 0.25) is 5.02 Å². The van der Waals surface area contributed by atoms with Crippen LogP contribution in [0.3, 0.4) is 0 Å². The number of aryl methyl sites for hydroxylation is 1. The molecule has 0 fully saturated rings. The van der Waals surface area contributed by atoms with Gasteiger partial charge in [-0.15, -0.1) is 0 Å². The molecule has 0 spiro atoms. The van der Waals surface area contributed by atoms with Crippen molar-refractivity contribution in [2.24, 2.45) is 0 Å². The maximum atomic E-state index is 12.4. The van der Waals surface area contributed by atoms with Gasteiger partial charge in [-0.2, -0.15) is 0 Å². The summed E-state index contributed by atoms with van der Waals surface area (Å²) in [7, 11) is 0. The number of benzene rings is 3. The number of amides is 1. The second kappa shape index (κ2) is 11.8. The second-order valence-electron chi connectivity index (χ2n) is 8.56. The number of hydrogen-bond acceptors (Lipinski definition) is 5. The first-order chi connectivity index (χ1) is 17.9. The summed E-state index contributed by atoms with van der Waals surface area (Å²) >= 11 is 6.15. The minimum absolute atomic E-state index is 0.175. The highest BCUT2D eigenvalue weighted by Gasteiger charge is 2.19. The Kier molecular flexibility index (Phi) is 8.25. The number of aliphatic carboxylic acids is 1. The number of carbonyl (C=O) groups excluding carboxylic acids is 1. The number of nitrogens with one attached hydrogen (secondary N) is 1. The molecular formula is C29H27ClN2O5. The van der Waals surface area contributed by atoms with E-state index < -0.39 is 18.0 Å². The number of halogens is 1. The molecule has 4 rings (SSSR count). The fraction of sp³-hybridized carbons (Fsp3) is 0.207. The molecule has 1 aromatic heterocycles. The van der Waals surface area contributed by atoms with Gasteiger partial charge in [0.15, 0.2) is 5.76 Å². The Bertz CT molecular complexity index is 1380. The van der Waals surface area contributed by atoms with Gasteiger partial charge in [-0.25, -0.2) is 4.79 Å². The molecule has 2 N–H and O–H groups in total. The van der Waals surface area contributed by atoms with E-state index >= 15 is 0 Å². The summed E-state index contributed by atoms with van der Waals surface area (Å²) in [6.45, 7) is 3.75. The van der Waals surface area contributed by atoms with E-state index in [1.165, 1.54) is 0 Å². The Balaban J connectivity index is 1.42. The molecule has 1 heterocycles. The minimum Gasteiger partial charge on any atom is -0.481 e. The number of carboxylic acids is 1. The SMILES string of the molecule is CC[C@@H](C(=O)O)c1ccc(-c2ccc(-c3noc(C)c3NC(=O)OCCc3ccccc3Cl)cc2)cc1. The van der Waals surface area contributed by atoms with Crippen molar-refractivity contribution in [2.75, 3.05) is 11.9 Å². The molecule has 4 aromatic rings. The van der Waals surface area contributed by atoms with Crippen LogP contribution in [0.5, 0.6) is 0 Å². The predicted molar refractivity (Wildman–Crippen MR) is 143 cm³/mol. The summed E-state index contributed by atoms with van der Waals surface area (Å²) < 4.78 is 10.7. The molecule has 0 aliphatic heterocycles. The van der Waals surface area contributed by atoms with E-state index in [-0.39, 0.29) is 6.61 Å². The van der Waals surface area contributed by atoms with Crippen molar-refractivity contribution in [2.45, 2.75) is 32.6 Å². The fourth-order valence-electron chi connectivity index (χ4n) is 4.09. The number of nitrogens with zero attached hydrogens (tertiary/aromatic N) is 1. The van der Waals surface area contributed by atoms with Crippen molar-refractivity contribution in [3.63, 3.8) is 0 Å². The number of aromatic nitrogens is 1. The molecule has 0 saturated carbocycles. The lowest BCUT2D eigenvalue weighted by Crippen LogP contribution is -2.16. The summed E-state index contributed by atoms with van der Waals surface area (Å²) in [5.41, 5.74) is 5.32. The predicted octanol–water partition coefficient (Wildman–Crippen LogP) is 7.34. The lowest BCUT2D eigenvalue weighted by atomic mass is 9.94. The van der Waals surface area contributed by atoms with Gasteiger partial charge in [-0.1, -0.05) is 90.4 Å². The van der Waals surface area contributed by atoms with Gasteiger partial charge in [0, 0.05) is 17.0 Å². The summed E-state index contributed by atoms with van der Waals surface area (Å²) in [5.74, 6) is -0.876. The molecule has 0 aliphatic carbocycles. The quantitative estimate of drug-likeness (QED) is 0.240. The first-order valence-corrected chi connectivity index (χ1v) is 12.3. The summed E-state index contributed by atoms with van der Waals surface area (Å²) in [6, 6.07) is 22.6. The van der Waals surface area contributed by atoms with Crippen LogP contribution in [-0.2, 0) is 16.0 Å². The number of hydrogen-bond donors (Lipinski definition) is 2. The van der Waals surface area contributed by atoms with Gasteiger partial charge < -0.3 is 14.4 Å². The highest BCUT2D eigenvalue weighted by Crippen LogP contribution is 2.32. The van der Waals surface area contributed by atoms with E-state index in [0.29, 0.717) is 35.0 Å². The molecular weight excluding hydrogens is 492 g/mol. The van der Waals surface area contributed by atoms with Gasteiger partial charge in [0.1, 0.15) is 11.4 Å². The Hall–Kier alpha value is -4.10. The van der Waals surface area contributed by atoms with E-state index in [1.807, 2.05) is 73.7 Å². The van der Waals surface area contributed by atoms with Gasteiger partial charge in [-0.3, -0.25) is 10.1 Å². The van der Waals surface area contributed by atoms with Crippen molar-refractivity contribution >= 4 is 29.4 Å². The average Bonchev–Trinajstić information content (AvgIpc) is 3.25. The maximum Gasteiger partial charge on any atom is 0.411 e. The normalized spacial score (nSPS) is 11.6. The third-order valence-corrected chi connectivity index (χ3v) is 6.53. The van der Waals surface area contributed by atoms with Crippen LogP contribution in [-0.4, -0.2) is 28.9 Å². The van der Waals surface area contributed by atoms with Gasteiger partial charge in [0.05, 0.1) is 12.5 Å². The summed E-state index contributed by atoms with van der Waals surface area (Å²) in [6.07, 6.45) is 0.426. The Morgan fingerprint density at radius 2 is 1.62 bits per heavy atom. The third-order valence-electron chi connectivity index (χ3n) is 6.16. The molecule has 7 nitrogen and oxygen atoms in total. The molecule has 0 bridgehead atoms. The Labute approximate surface area is 220 Å². The van der Waals surface area contributed by atoms with E-state index in [0.717, 1.165) is 27.8 Å². The van der Waals surface area contributed by atoms with Crippen LogP contribution < -0.4 is 5.32 Å². The number of carbonyl (C=O) groups is 2. The molecule has 1 amide bonds. The van der Waals surface area contributed by atoms with Crippen molar-refractivity contribution in [1.82, 2.24) is 5.16 Å². The molecule has 0 saturated heterocycles. The lowest BCUT2D eigenvalue weighted by Gasteiger charge is -2.11. The topological polar surface area (TPSA) is 102 Å². The highest BCUT2D eigenvalue weighted by atomic mass is 35.5. The minimum atomic E-state index is -0.823. The number of rotatable bonds is 9. The monoisotopic (exact) mass is 518 g/mol. The number of ether oxygens (including phenoxy) is 1. The molecule has 3 aromatic carbocycles. The zero-order valence-electron chi connectivity index (χ0n) is 20.5. The van der Waals surface area contributed by atoms with E-state index in [9.17, 15) is 14.7 Å². The second-order valence-corrected chi connectivity index (χ2v) is 8.97. The Morgan fingerprint density at radius 3 is 2.24 bits per heavy atom. The number of carboxylic acid groups (broad SMARTS) is 1. The molecule has 190 valence electrons. The van der Waals surface area contributed by atoms with E-state index in [2.05, 4.69) is 10.5 Å². The van der Waals surface area contributed by atoms with Gasteiger partial charge in [0.25, 0.3) is 0 Å². The smallest absolute Gasteiger partial charge is 0.411 e. The molecule has 37 heavy (non-hydrogen) atoms. The van der Waals surface area contributed by atoms with Crippen LogP contribution >= 0.6 is 11.6 Å². The standard InChI is InChI=1S/C29H27ClN2O5/c1-3-24(28(33)34)21-12-8-19(9-13-21)20-10-14-23(15-11-20)27-26(18(2)37-32-27)31-29(35)36-17-16-22-6-4-5-7-25(22)30/h4-15,24H,3,16-17H2,1-2H3,(H,31,35)(H,33,34)/t24-/m1/s1. The van der Waals surface area contributed by atoms with Crippen molar-refractivity contribution in [3.8, 4) is 22.4 Å². The lowest BCUT2D eigenvalue weighted by molar-refractivity contribution is -0.138. The zero-order chi connectivity index (χ0) is 26.4. The van der Waals surface area contributed by atoms with Crippen LogP contribution in [0.4, 0.5) is 10.5 Å². The highest BCUT2D eigenvalue weighted by molar-refractivity contribution is 6.31. The third kappa shape index (κ3) is 6.19. The van der Waals surface area contributed by atoms with Crippen molar-refractivity contribution in [1.29, 1.82) is 0 Å². The van der Waals surface area contributed by atoms with Crippen LogP contribution in [0, 0.1) is 6.92 Å². The number of anilines is 1. The molecule has 1 atom stereocenters. The van der Waals surface area contributed by atoms with Crippen molar-refractivity contribution < 1.29 is 24.0 Å². The summed E-state index contributed by atoms with van der Waals surface area (Å²) in [4.78, 5) is 23.9. The van der Waals surface area contributed by atoms with E-state index in [1.54, 1.807) is 13.0 Å². The average molecular weight is 519 g/mol. The van der Waals surface area contributed by atoms with Crippen molar-refractivity contribution in [3.05, 3.63) is 94.7 Å². The zero-order valence-corrected chi connectivity index (χ0v) is 21.3. The summed E-state index contributed by atoms with van der Waals surface area (Å²) in [5, 5.41) is 16.9. The van der Waals surface area contributed by atoms with Gasteiger partial charge in [0.2, 0.25) is 0 Å². The molecule has 0 aliphatic rings.